The number of benzene rings is 1. The summed E-state index contributed by atoms with van der Waals surface area (Å²) in [5.74, 6) is 0.628. The molecule has 0 saturated heterocycles. The molecular formula is C16H26N4O3S. The molecule has 134 valence electrons. The van der Waals surface area contributed by atoms with Crippen LogP contribution in [0.3, 0.4) is 0 Å². The lowest BCUT2D eigenvalue weighted by Crippen LogP contribution is -2.42. The first-order valence-corrected chi connectivity index (χ1v) is 9.71. The number of nitrogens with one attached hydrogen (secondary N) is 2. The number of fused-ring (bicyclic) bond motifs is 1. The van der Waals surface area contributed by atoms with E-state index in [1.807, 2.05) is 24.3 Å². The predicted molar refractivity (Wildman–Crippen MR) is 97.1 cm³/mol. The molecule has 0 amide bonds. The molecule has 1 aliphatic rings. The van der Waals surface area contributed by atoms with E-state index in [-0.39, 0.29) is 5.75 Å². The fourth-order valence-corrected chi connectivity index (χ4v) is 4.08. The summed E-state index contributed by atoms with van der Waals surface area (Å²) in [5.41, 5.74) is 1.89. The van der Waals surface area contributed by atoms with E-state index in [9.17, 15) is 8.42 Å². The van der Waals surface area contributed by atoms with Gasteiger partial charge in [-0.3, -0.25) is 9.30 Å². The van der Waals surface area contributed by atoms with Crippen molar-refractivity contribution >= 4 is 21.7 Å². The molecule has 2 N–H and O–H groups in total. The quantitative estimate of drug-likeness (QED) is 0.405. The number of para-hydroxylation sites is 1. The second-order valence-corrected chi connectivity index (χ2v) is 7.55. The van der Waals surface area contributed by atoms with Crippen LogP contribution in [0.2, 0.25) is 0 Å². The van der Waals surface area contributed by atoms with Crippen LogP contribution in [0.1, 0.15) is 12.0 Å². The number of aliphatic imine (C=N–C) groups is 1. The molecule has 0 atom stereocenters. The van der Waals surface area contributed by atoms with Gasteiger partial charge in [-0.05, 0) is 24.5 Å². The lowest BCUT2D eigenvalue weighted by Gasteiger charge is -2.20. The molecule has 0 fully saturated rings. The van der Waals surface area contributed by atoms with Gasteiger partial charge in [0.1, 0.15) is 0 Å². The Morgan fingerprint density at radius 1 is 1.29 bits per heavy atom. The second-order valence-electron chi connectivity index (χ2n) is 5.54. The zero-order chi connectivity index (χ0) is 17.4. The van der Waals surface area contributed by atoms with Crippen LogP contribution >= 0.6 is 0 Å². The predicted octanol–water partition coefficient (Wildman–Crippen LogP) is 0.580. The Morgan fingerprint density at radius 3 is 2.79 bits per heavy atom. The number of ether oxygens (including phenoxy) is 1. The van der Waals surface area contributed by atoms with E-state index in [1.54, 1.807) is 14.2 Å². The van der Waals surface area contributed by atoms with Gasteiger partial charge in [0.15, 0.2) is 5.96 Å². The zero-order valence-electron chi connectivity index (χ0n) is 14.3. The van der Waals surface area contributed by atoms with Gasteiger partial charge in [0.2, 0.25) is 10.0 Å². The van der Waals surface area contributed by atoms with Gasteiger partial charge in [0, 0.05) is 40.4 Å². The van der Waals surface area contributed by atoms with Gasteiger partial charge in [-0.2, -0.15) is 0 Å². The minimum atomic E-state index is -3.34. The Morgan fingerprint density at radius 2 is 2.04 bits per heavy atom. The fraction of sp³-hybridized carbons (Fsp3) is 0.562. The molecule has 1 aliphatic heterocycles. The molecule has 0 saturated carbocycles. The minimum absolute atomic E-state index is 0.0279. The molecule has 0 spiro atoms. The molecule has 1 heterocycles. The summed E-state index contributed by atoms with van der Waals surface area (Å²) in [6.45, 7) is 2.23. The van der Waals surface area contributed by atoms with E-state index in [4.69, 9.17) is 4.74 Å². The Labute approximate surface area is 144 Å². The van der Waals surface area contributed by atoms with Crippen LogP contribution in [0.4, 0.5) is 5.69 Å². The minimum Gasteiger partial charge on any atom is -0.385 e. The molecule has 0 unspecified atom stereocenters. The van der Waals surface area contributed by atoms with Crippen LogP contribution in [0.15, 0.2) is 29.3 Å². The van der Waals surface area contributed by atoms with Crippen LogP contribution in [0.5, 0.6) is 0 Å². The van der Waals surface area contributed by atoms with Crippen molar-refractivity contribution in [3.8, 4) is 0 Å². The highest BCUT2D eigenvalue weighted by Crippen LogP contribution is 2.29. The molecule has 0 radical (unpaired) electrons. The standard InChI is InChI=1S/C16H26N4O3S/c1-17-16(18-9-5-12-23-2)19-10-13-24(21,22)20-11-8-14-6-3-4-7-15(14)20/h3-4,6-7H,5,8-13H2,1-2H3,(H2,17,18,19). The van der Waals surface area contributed by atoms with E-state index in [0.717, 1.165) is 30.6 Å². The van der Waals surface area contributed by atoms with E-state index in [0.29, 0.717) is 25.7 Å². The van der Waals surface area contributed by atoms with Crippen molar-refractivity contribution < 1.29 is 13.2 Å². The van der Waals surface area contributed by atoms with Crippen molar-refractivity contribution in [3.05, 3.63) is 29.8 Å². The van der Waals surface area contributed by atoms with E-state index < -0.39 is 10.0 Å². The third kappa shape index (κ3) is 4.85. The van der Waals surface area contributed by atoms with Crippen molar-refractivity contribution in [2.45, 2.75) is 12.8 Å². The Hall–Kier alpha value is -1.80. The number of sulfonamides is 1. The first-order valence-electron chi connectivity index (χ1n) is 8.10. The fourth-order valence-electron chi connectivity index (χ4n) is 2.65. The van der Waals surface area contributed by atoms with Gasteiger partial charge in [-0.1, -0.05) is 18.2 Å². The first kappa shape index (κ1) is 18.5. The summed E-state index contributed by atoms with van der Waals surface area (Å²) >= 11 is 0. The Kier molecular flexibility index (Phi) is 6.86. The number of nitrogens with zero attached hydrogens (tertiary/aromatic N) is 2. The largest absolute Gasteiger partial charge is 0.385 e. The molecule has 8 heteroatoms. The molecule has 24 heavy (non-hydrogen) atoms. The van der Waals surface area contributed by atoms with Crippen LogP contribution in [0.25, 0.3) is 0 Å². The third-order valence-corrected chi connectivity index (χ3v) is 5.64. The lowest BCUT2D eigenvalue weighted by atomic mass is 10.2. The number of guanidine groups is 1. The third-order valence-electron chi connectivity index (χ3n) is 3.87. The van der Waals surface area contributed by atoms with Crippen LogP contribution < -0.4 is 14.9 Å². The average molecular weight is 354 g/mol. The number of rotatable bonds is 8. The van der Waals surface area contributed by atoms with E-state index >= 15 is 0 Å². The van der Waals surface area contributed by atoms with Crippen molar-refractivity contribution in [3.63, 3.8) is 0 Å². The lowest BCUT2D eigenvalue weighted by molar-refractivity contribution is 0.195. The molecule has 0 aromatic heterocycles. The van der Waals surface area contributed by atoms with Gasteiger partial charge in [-0.25, -0.2) is 8.42 Å². The van der Waals surface area contributed by atoms with Crippen molar-refractivity contribution in [1.29, 1.82) is 0 Å². The topological polar surface area (TPSA) is 83.0 Å². The molecule has 1 aromatic rings. The van der Waals surface area contributed by atoms with Gasteiger partial charge in [-0.15, -0.1) is 0 Å². The normalized spacial score (nSPS) is 14.6. The van der Waals surface area contributed by atoms with E-state index in [1.165, 1.54) is 4.31 Å². The van der Waals surface area contributed by atoms with Crippen LogP contribution in [-0.2, 0) is 21.2 Å². The van der Waals surface area contributed by atoms with Crippen molar-refractivity contribution in [2.75, 3.05) is 50.5 Å². The van der Waals surface area contributed by atoms with Gasteiger partial charge in [0.25, 0.3) is 0 Å². The summed E-state index contributed by atoms with van der Waals surface area (Å²) < 4.78 is 31.6. The van der Waals surface area contributed by atoms with Gasteiger partial charge >= 0.3 is 0 Å². The molecule has 0 bridgehead atoms. The Balaban J connectivity index is 1.83. The Bertz CT molecular complexity index is 661. The number of anilines is 1. The SMILES string of the molecule is CN=C(NCCCOC)NCCS(=O)(=O)N1CCc2ccccc21. The molecule has 0 aliphatic carbocycles. The highest BCUT2D eigenvalue weighted by molar-refractivity contribution is 7.92. The number of hydrogen-bond donors (Lipinski definition) is 2. The van der Waals surface area contributed by atoms with Crippen molar-refractivity contribution in [1.82, 2.24) is 10.6 Å². The highest BCUT2D eigenvalue weighted by Gasteiger charge is 2.28. The van der Waals surface area contributed by atoms with Crippen molar-refractivity contribution in [2.24, 2.45) is 4.99 Å². The number of hydrogen-bond acceptors (Lipinski definition) is 4. The smallest absolute Gasteiger partial charge is 0.236 e. The number of methoxy groups -OCH3 is 1. The van der Waals surface area contributed by atoms with Crippen LogP contribution in [0, 0.1) is 0 Å². The maximum Gasteiger partial charge on any atom is 0.236 e. The maximum absolute atomic E-state index is 12.6. The summed E-state index contributed by atoms with van der Waals surface area (Å²) in [5, 5.41) is 6.17. The molecule has 7 nitrogen and oxygen atoms in total. The highest BCUT2D eigenvalue weighted by atomic mass is 32.2. The monoisotopic (exact) mass is 354 g/mol. The summed E-state index contributed by atoms with van der Waals surface area (Å²) in [6, 6.07) is 7.66. The summed E-state index contributed by atoms with van der Waals surface area (Å²) in [6.07, 6.45) is 1.63. The average Bonchev–Trinajstić information content (AvgIpc) is 3.02. The van der Waals surface area contributed by atoms with Gasteiger partial charge < -0.3 is 15.4 Å². The maximum atomic E-state index is 12.6. The second kappa shape index (κ2) is 8.89. The van der Waals surface area contributed by atoms with Gasteiger partial charge in [0.05, 0.1) is 11.4 Å². The van der Waals surface area contributed by atoms with Crippen LogP contribution in [-0.4, -0.2) is 60.5 Å². The molecule has 2 rings (SSSR count). The first-order chi connectivity index (χ1) is 11.6. The summed E-state index contributed by atoms with van der Waals surface area (Å²) in [7, 11) is -0.0136. The molecular weight excluding hydrogens is 328 g/mol. The zero-order valence-corrected chi connectivity index (χ0v) is 15.1. The van der Waals surface area contributed by atoms with E-state index in [2.05, 4.69) is 15.6 Å². The summed E-state index contributed by atoms with van der Waals surface area (Å²) in [4.78, 5) is 4.08. The molecule has 1 aromatic carbocycles.